The molecule has 0 spiro atoms. The number of hydrogen-bond acceptors (Lipinski definition) is 4. The van der Waals surface area contributed by atoms with Crippen LogP contribution in [0.15, 0.2) is 107 Å². The number of Topliss-reactive ketones (excluding diaryl/α,β-unsaturated/α-hetero) is 1. The van der Waals surface area contributed by atoms with Crippen molar-refractivity contribution in [2.45, 2.75) is 21.1 Å². The lowest BCUT2D eigenvalue weighted by Gasteiger charge is -2.40. The SMILES string of the molecule is O=C(CSc1cccc(NC(=O)N2c3ccccc3SC3C=CC=CC32)c1)c1ccccc1Cl. The van der Waals surface area contributed by atoms with E-state index in [0.29, 0.717) is 16.3 Å². The second kappa shape index (κ2) is 10.1. The molecule has 5 rings (SSSR count). The number of para-hydroxylation sites is 1. The van der Waals surface area contributed by atoms with Crippen LogP contribution in [-0.4, -0.2) is 28.9 Å². The summed E-state index contributed by atoms with van der Waals surface area (Å²) >= 11 is 9.34. The number of halogens is 1. The van der Waals surface area contributed by atoms with Gasteiger partial charge in [-0.3, -0.25) is 9.69 Å². The van der Waals surface area contributed by atoms with Crippen LogP contribution in [0.2, 0.25) is 5.02 Å². The molecule has 4 nitrogen and oxygen atoms in total. The molecule has 170 valence electrons. The van der Waals surface area contributed by atoms with Crippen LogP contribution in [0.4, 0.5) is 16.2 Å². The molecule has 3 aromatic rings. The third-order valence-corrected chi connectivity index (χ3v) is 8.22. The first kappa shape index (κ1) is 22.8. The number of fused-ring (bicyclic) bond motifs is 2. The Morgan fingerprint density at radius 3 is 2.65 bits per heavy atom. The summed E-state index contributed by atoms with van der Waals surface area (Å²) in [5.41, 5.74) is 2.11. The first-order chi connectivity index (χ1) is 16.6. The largest absolute Gasteiger partial charge is 0.326 e. The molecular weight excluding hydrogens is 484 g/mol. The fourth-order valence-electron chi connectivity index (χ4n) is 3.99. The van der Waals surface area contributed by atoms with Crippen molar-refractivity contribution in [3.63, 3.8) is 0 Å². The average molecular weight is 505 g/mol. The quantitative estimate of drug-likeness (QED) is 0.292. The zero-order valence-corrected chi connectivity index (χ0v) is 20.4. The Balaban J connectivity index is 1.31. The number of benzene rings is 3. The molecule has 34 heavy (non-hydrogen) atoms. The van der Waals surface area contributed by atoms with Gasteiger partial charge in [0.2, 0.25) is 0 Å². The maximum Gasteiger partial charge on any atom is 0.326 e. The Morgan fingerprint density at radius 1 is 0.971 bits per heavy atom. The maximum atomic E-state index is 13.5. The van der Waals surface area contributed by atoms with Gasteiger partial charge in [0.05, 0.1) is 27.8 Å². The minimum atomic E-state index is -0.183. The fraction of sp³-hybridized carbons (Fsp3) is 0.111. The van der Waals surface area contributed by atoms with E-state index >= 15 is 0 Å². The van der Waals surface area contributed by atoms with Gasteiger partial charge in [0.25, 0.3) is 0 Å². The summed E-state index contributed by atoms with van der Waals surface area (Å²) in [5.74, 6) is 0.231. The smallest absolute Gasteiger partial charge is 0.307 e. The highest BCUT2D eigenvalue weighted by Gasteiger charge is 2.36. The molecule has 1 aliphatic heterocycles. The molecule has 1 N–H and O–H groups in total. The van der Waals surface area contributed by atoms with Gasteiger partial charge >= 0.3 is 6.03 Å². The van der Waals surface area contributed by atoms with Crippen molar-refractivity contribution in [3.05, 3.63) is 108 Å². The standard InChI is InChI=1S/C27H21ClN2O2S2/c28-21-11-2-1-10-20(21)24(31)17-33-19-9-7-8-18(16-19)29-27(32)30-22-12-3-5-14-25(22)34-26-15-6-4-13-23(26)30/h1-16,22,25H,17H2,(H,29,32). The summed E-state index contributed by atoms with van der Waals surface area (Å²) in [7, 11) is 0. The van der Waals surface area contributed by atoms with E-state index in [1.165, 1.54) is 11.8 Å². The van der Waals surface area contributed by atoms with Crippen LogP contribution in [0, 0.1) is 0 Å². The van der Waals surface area contributed by atoms with Gasteiger partial charge in [-0.2, -0.15) is 0 Å². The predicted octanol–water partition coefficient (Wildman–Crippen LogP) is 7.32. The Hall–Kier alpha value is -2.93. The van der Waals surface area contributed by atoms with Gasteiger partial charge in [-0.1, -0.05) is 66.2 Å². The molecule has 1 aliphatic carbocycles. The topological polar surface area (TPSA) is 49.4 Å². The minimum Gasteiger partial charge on any atom is -0.307 e. The predicted molar refractivity (Wildman–Crippen MR) is 143 cm³/mol. The van der Waals surface area contributed by atoms with Gasteiger partial charge in [-0.15, -0.1) is 23.5 Å². The highest BCUT2D eigenvalue weighted by Crippen LogP contribution is 2.43. The summed E-state index contributed by atoms with van der Waals surface area (Å²) in [5, 5.41) is 3.68. The Bertz CT molecular complexity index is 1310. The number of hydrogen-bond donors (Lipinski definition) is 1. The van der Waals surface area contributed by atoms with E-state index in [2.05, 4.69) is 23.5 Å². The van der Waals surface area contributed by atoms with E-state index in [9.17, 15) is 9.59 Å². The molecule has 0 saturated heterocycles. The lowest BCUT2D eigenvalue weighted by Crippen LogP contribution is -2.49. The number of thioether (sulfide) groups is 2. The molecule has 1 heterocycles. The first-order valence-corrected chi connectivity index (χ1v) is 13.1. The van der Waals surface area contributed by atoms with Crippen molar-refractivity contribution in [1.82, 2.24) is 0 Å². The van der Waals surface area contributed by atoms with Gasteiger partial charge < -0.3 is 5.32 Å². The van der Waals surface area contributed by atoms with Crippen molar-refractivity contribution < 1.29 is 9.59 Å². The van der Waals surface area contributed by atoms with E-state index in [1.54, 1.807) is 36.0 Å². The first-order valence-electron chi connectivity index (χ1n) is 10.8. The average Bonchev–Trinajstić information content (AvgIpc) is 2.86. The molecule has 2 atom stereocenters. The van der Waals surface area contributed by atoms with Gasteiger partial charge in [0, 0.05) is 21.0 Å². The van der Waals surface area contributed by atoms with Crippen LogP contribution >= 0.6 is 35.1 Å². The number of amides is 2. The molecule has 0 fully saturated rings. The monoisotopic (exact) mass is 504 g/mol. The van der Waals surface area contributed by atoms with E-state index in [0.717, 1.165) is 15.5 Å². The number of anilines is 2. The van der Waals surface area contributed by atoms with Gasteiger partial charge in [-0.05, 0) is 42.5 Å². The van der Waals surface area contributed by atoms with Gasteiger partial charge in [-0.25, -0.2) is 4.79 Å². The Labute approximate surface area is 212 Å². The molecule has 3 aromatic carbocycles. The molecule has 2 amide bonds. The van der Waals surface area contributed by atoms with Crippen LogP contribution in [0.1, 0.15) is 10.4 Å². The lowest BCUT2D eigenvalue weighted by molar-refractivity contribution is 0.102. The summed E-state index contributed by atoms with van der Waals surface area (Å²) in [6.45, 7) is 0. The number of rotatable bonds is 5. The number of carbonyl (C=O) groups excluding carboxylic acids is 2. The van der Waals surface area contributed by atoms with Crippen molar-refractivity contribution in [2.75, 3.05) is 16.0 Å². The molecular formula is C27H21ClN2O2S2. The molecule has 0 aromatic heterocycles. The molecule has 0 bridgehead atoms. The number of allylic oxidation sites excluding steroid dienone is 2. The molecule has 2 unspecified atom stereocenters. The van der Waals surface area contributed by atoms with E-state index in [4.69, 9.17) is 11.6 Å². The van der Waals surface area contributed by atoms with Crippen molar-refractivity contribution >= 4 is 58.3 Å². The van der Waals surface area contributed by atoms with Crippen molar-refractivity contribution in [2.24, 2.45) is 0 Å². The molecule has 7 heteroatoms. The second-order valence-electron chi connectivity index (χ2n) is 7.83. The number of urea groups is 1. The minimum absolute atomic E-state index is 0.0318. The highest BCUT2D eigenvalue weighted by atomic mass is 35.5. The second-order valence-corrected chi connectivity index (χ2v) is 10.5. The fourth-order valence-corrected chi connectivity index (χ4v) is 6.32. The van der Waals surface area contributed by atoms with Crippen LogP contribution in [0.3, 0.4) is 0 Å². The van der Waals surface area contributed by atoms with E-state index < -0.39 is 0 Å². The third-order valence-electron chi connectivity index (χ3n) is 5.59. The highest BCUT2D eigenvalue weighted by molar-refractivity contribution is 8.00. The molecule has 2 aliphatic rings. The molecule has 0 saturated carbocycles. The molecule has 0 radical (unpaired) electrons. The number of nitrogens with zero attached hydrogens (tertiary/aromatic N) is 1. The summed E-state index contributed by atoms with van der Waals surface area (Å²) in [6, 6.07) is 22.4. The van der Waals surface area contributed by atoms with Crippen LogP contribution in [-0.2, 0) is 0 Å². The number of ketones is 1. The van der Waals surface area contributed by atoms with Gasteiger partial charge in [0.1, 0.15) is 0 Å². The van der Waals surface area contributed by atoms with Crippen molar-refractivity contribution in [3.8, 4) is 0 Å². The van der Waals surface area contributed by atoms with Crippen molar-refractivity contribution in [1.29, 1.82) is 0 Å². The van der Waals surface area contributed by atoms with Crippen LogP contribution < -0.4 is 10.2 Å². The maximum absolute atomic E-state index is 13.5. The van der Waals surface area contributed by atoms with Crippen LogP contribution in [0.5, 0.6) is 0 Å². The zero-order valence-electron chi connectivity index (χ0n) is 18.1. The van der Waals surface area contributed by atoms with E-state index in [-0.39, 0.29) is 28.9 Å². The Kier molecular flexibility index (Phi) is 6.81. The number of nitrogens with one attached hydrogen (secondary N) is 1. The zero-order chi connectivity index (χ0) is 23.5. The summed E-state index contributed by atoms with van der Waals surface area (Å²) < 4.78 is 0. The number of carbonyl (C=O) groups is 2. The lowest BCUT2D eigenvalue weighted by atomic mass is 10.1. The van der Waals surface area contributed by atoms with Gasteiger partial charge in [0.15, 0.2) is 5.78 Å². The third kappa shape index (κ3) is 4.80. The van der Waals surface area contributed by atoms with E-state index in [1.807, 2.05) is 59.5 Å². The summed E-state index contributed by atoms with van der Waals surface area (Å²) in [6.07, 6.45) is 8.23. The Morgan fingerprint density at radius 2 is 1.76 bits per heavy atom. The van der Waals surface area contributed by atoms with Crippen LogP contribution in [0.25, 0.3) is 0 Å². The normalized spacial score (nSPS) is 18.2. The summed E-state index contributed by atoms with van der Waals surface area (Å²) in [4.78, 5) is 29.8.